The molecule has 1 unspecified atom stereocenters. The molecule has 0 spiro atoms. The largest absolute Gasteiger partial charge is 0.491 e. The number of Topliss-reactive ketones (excluding diaryl/α,β-unsaturated/α-hetero) is 1. The molecule has 1 aliphatic carbocycles. The number of ketones is 1. The average molecular weight is 466 g/mol. The first-order valence-electron chi connectivity index (χ1n) is 11.0. The Hall–Kier alpha value is -2.87. The van der Waals surface area contributed by atoms with Crippen LogP contribution in [0.3, 0.4) is 0 Å². The van der Waals surface area contributed by atoms with Crippen LogP contribution in [0.15, 0.2) is 59.7 Å². The summed E-state index contributed by atoms with van der Waals surface area (Å²) >= 11 is 0. The van der Waals surface area contributed by atoms with Gasteiger partial charge >= 0.3 is 6.18 Å². The van der Waals surface area contributed by atoms with E-state index in [2.05, 4.69) is 5.32 Å². The molecule has 5 nitrogen and oxygen atoms in total. The number of allylic oxidation sites excluding steroid dienone is 5. The van der Waals surface area contributed by atoms with Crippen LogP contribution in [0.4, 0.5) is 13.2 Å². The Bertz CT molecular complexity index is 903. The molecule has 1 aliphatic rings. The van der Waals surface area contributed by atoms with Gasteiger partial charge in [-0.15, -0.1) is 0 Å². The van der Waals surface area contributed by atoms with Gasteiger partial charge in [-0.3, -0.25) is 9.59 Å². The second-order valence-electron chi connectivity index (χ2n) is 7.71. The van der Waals surface area contributed by atoms with Gasteiger partial charge < -0.3 is 15.2 Å². The van der Waals surface area contributed by atoms with Crippen molar-refractivity contribution in [2.75, 3.05) is 13.2 Å². The molecule has 0 saturated heterocycles. The minimum Gasteiger partial charge on any atom is -0.491 e. The third-order valence-corrected chi connectivity index (χ3v) is 5.08. The Balaban J connectivity index is 1.85. The number of unbranched alkanes of at least 4 members (excludes halogenated alkanes) is 1. The third-order valence-electron chi connectivity index (χ3n) is 5.08. The normalized spacial score (nSPS) is 15.6. The molecule has 2 rings (SSSR count). The van der Waals surface area contributed by atoms with Gasteiger partial charge in [0.25, 0.3) is 0 Å². The third kappa shape index (κ3) is 9.26. The van der Waals surface area contributed by atoms with E-state index in [0.29, 0.717) is 37.8 Å². The number of halogens is 3. The fourth-order valence-corrected chi connectivity index (χ4v) is 3.37. The number of carbonyl (C=O) groups excluding carboxylic acids is 2. The average Bonchev–Trinajstić information content (AvgIpc) is 3.12. The molecule has 8 heteroatoms. The smallest absolute Gasteiger partial charge is 0.416 e. The van der Waals surface area contributed by atoms with Gasteiger partial charge in [0.05, 0.1) is 5.56 Å². The molecule has 1 aromatic rings. The van der Waals surface area contributed by atoms with Crippen molar-refractivity contribution in [1.29, 1.82) is 0 Å². The predicted octanol–water partition coefficient (Wildman–Crippen LogP) is 4.91. The van der Waals surface area contributed by atoms with Gasteiger partial charge in [0.2, 0.25) is 5.91 Å². The molecule has 0 aliphatic heterocycles. The summed E-state index contributed by atoms with van der Waals surface area (Å²) in [5, 5.41) is 12.9. The highest BCUT2D eigenvalue weighted by Gasteiger charge is 2.30. The van der Waals surface area contributed by atoms with Gasteiger partial charge in [-0.05, 0) is 56.4 Å². The zero-order valence-electron chi connectivity index (χ0n) is 18.7. The fraction of sp³-hybridized carbons (Fsp3) is 0.440. The van der Waals surface area contributed by atoms with Gasteiger partial charge in [-0.1, -0.05) is 30.4 Å². The number of amides is 1. The van der Waals surface area contributed by atoms with Crippen LogP contribution >= 0.6 is 0 Å². The maximum atomic E-state index is 12.8. The van der Waals surface area contributed by atoms with Gasteiger partial charge in [0.1, 0.15) is 18.5 Å². The van der Waals surface area contributed by atoms with E-state index in [1.54, 1.807) is 6.08 Å². The quantitative estimate of drug-likeness (QED) is 0.340. The van der Waals surface area contributed by atoms with Crippen molar-refractivity contribution in [3.63, 3.8) is 0 Å². The molecule has 0 aromatic heterocycles. The maximum absolute atomic E-state index is 12.8. The Morgan fingerprint density at radius 1 is 1.27 bits per heavy atom. The number of rotatable bonds is 12. The van der Waals surface area contributed by atoms with Crippen molar-refractivity contribution in [3.8, 4) is 5.75 Å². The van der Waals surface area contributed by atoms with Gasteiger partial charge in [0.15, 0.2) is 5.78 Å². The lowest BCUT2D eigenvalue weighted by Gasteiger charge is -2.12. The molecule has 180 valence electrons. The number of nitrogens with one attached hydrogen (secondary N) is 1. The lowest BCUT2D eigenvalue weighted by molar-refractivity contribution is -0.137. The van der Waals surface area contributed by atoms with Gasteiger partial charge in [-0.25, -0.2) is 0 Å². The van der Waals surface area contributed by atoms with Crippen LogP contribution in [-0.2, 0) is 15.8 Å². The SMILES string of the molecule is CCNC(=O)CCCC=CCC1=C(C=CC(O)COc2cccc(C(F)(F)F)c2)CCC1=O. The summed E-state index contributed by atoms with van der Waals surface area (Å²) in [4.78, 5) is 23.6. The molecule has 2 N–H and O–H groups in total. The molecular weight excluding hydrogens is 435 g/mol. The number of alkyl halides is 3. The highest BCUT2D eigenvalue weighted by molar-refractivity contribution is 5.99. The Labute approximate surface area is 192 Å². The van der Waals surface area contributed by atoms with Gasteiger partial charge in [-0.2, -0.15) is 13.2 Å². The lowest BCUT2D eigenvalue weighted by Crippen LogP contribution is -2.21. The molecule has 0 saturated carbocycles. The molecule has 1 atom stereocenters. The van der Waals surface area contributed by atoms with E-state index in [1.165, 1.54) is 18.2 Å². The standard InChI is InChI=1S/C25H30F3NO4/c1-2-29-24(32)11-6-4-3-5-10-22-18(13-15-23(22)31)12-14-20(30)17-33-21-9-7-8-19(16-21)25(26,27)28/h3,5,7-9,12,14,16,20,30H,2,4,6,10-11,13,15,17H2,1H3,(H,29,32). The van der Waals surface area contributed by atoms with Crippen molar-refractivity contribution in [2.24, 2.45) is 0 Å². The van der Waals surface area contributed by atoms with Crippen LogP contribution < -0.4 is 10.1 Å². The monoisotopic (exact) mass is 465 g/mol. The zero-order chi connectivity index (χ0) is 24.3. The number of ether oxygens (including phenoxy) is 1. The Kier molecular flexibility index (Phi) is 10.4. The molecular formula is C25H30F3NO4. The second kappa shape index (κ2) is 13.0. The highest BCUT2D eigenvalue weighted by Crippen LogP contribution is 2.31. The van der Waals surface area contributed by atoms with E-state index in [-0.39, 0.29) is 24.0 Å². The fourth-order valence-electron chi connectivity index (χ4n) is 3.37. The summed E-state index contributed by atoms with van der Waals surface area (Å²) in [5.41, 5.74) is 0.712. The van der Waals surface area contributed by atoms with E-state index in [1.807, 2.05) is 19.1 Å². The predicted molar refractivity (Wildman–Crippen MR) is 120 cm³/mol. The highest BCUT2D eigenvalue weighted by atomic mass is 19.4. The van der Waals surface area contributed by atoms with E-state index >= 15 is 0 Å². The number of hydrogen-bond donors (Lipinski definition) is 2. The van der Waals surface area contributed by atoms with Crippen molar-refractivity contribution >= 4 is 11.7 Å². The molecule has 0 fully saturated rings. The number of aliphatic hydroxyl groups is 1. The van der Waals surface area contributed by atoms with Gasteiger partial charge in [0, 0.05) is 25.0 Å². The van der Waals surface area contributed by atoms with Crippen molar-refractivity contribution < 1.29 is 32.6 Å². The molecule has 1 amide bonds. The molecule has 0 bridgehead atoms. The first-order valence-corrected chi connectivity index (χ1v) is 11.0. The second-order valence-corrected chi connectivity index (χ2v) is 7.71. The van der Waals surface area contributed by atoms with Crippen LogP contribution in [0, 0.1) is 0 Å². The zero-order valence-corrected chi connectivity index (χ0v) is 18.7. The summed E-state index contributed by atoms with van der Waals surface area (Å²) in [5.74, 6) is 0.115. The van der Waals surface area contributed by atoms with Crippen molar-refractivity contribution in [2.45, 2.75) is 57.7 Å². The maximum Gasteiger partial charge on any atom is 0.416 e. The summed E-state index contributed by atoms with van der Waals surface area (Å²) in [6, 6.07) is 4.47. The van der Waals surface area contributed by atoms with E-state index in [4.69, 9.17) is 4.74 Å². The molecule has 1 aromatic carbocycles. The van der Waals surface area contributed by atoms with Crippen LogP contribution in [0.5, 0.6) is 5.75 Å². The van der Waals surface area contributed by atoms with E-state index < -0.39 is 17.8 Å². The molecule has 0 heterocycles. The topological polar surface area (TPSA) is 75.6 Å². The van der Waals surface area contributed by atoms with Crippen molar-refractivity contribution in [3.05, 3.63) is 65.3 Å². The molecule has 0 radical (unpaired) electrons. The van der Waals surface area contributed by atoms with Crippen LogP contribution in [-0.4, -0.2) is 36.1 Å². The number of hydrogen-bond acceptors (Lipinski definition) is 4. The summed E-state index contributed by atoms with van der Waals surface area (Å²) < 4.78 is 43.6. The molecule has 33 heavy (non-hydrogen) atoms. The van der Waals surface area contributed by atoms with E-state index in [0.717, 1.165) is 30.5 Å². The minimum absolute atomic E-state index is 0.0190. The lowest BCUT2D eigenvalue weighted by atomic mass is 10.1. The van der Waals surface area contributed by atoms with Crippen molar-refractivity contribution in [1.82, 2.24) is 5.32 Å². The summed E-state index contributed by atoms with van der Waals surface area (Å²) in [7, 11) is 0. The van der Waals surface area contributed by atoms with Crippen LogP contribution in [0.2, 0.25) is 0 Å². The summed E-state index contributed by atoms with van der Waals surface area (Å²) in [6.45, 7) is 2.28. The number of carbonyl (C=O) groups is 2. The summed E-state index contributed by atoms with van der Waals surface area (Å²) in [6.07, 6.45) is 4.96. The first-order chi connectivity index (χ1) is 15.7. The number of benzene rings is 1. The minimum atomic E-state index is -4.46. The number of aliphatic hydroxyl groups excluding tert-OH is 1. The van der Waals surface area contributed by atoms with E-state index in [9.17, 15) is 27.9 Å². The Morgan fingerprint density at radius 2 is 2.06 bits per heavy atom. The van der Waals surface area contributed by atoms with Crippen LogP contribution in [0.1, 0.15) is 51.0 Å². The first kappa shape index (κ1) is 26.4. The van der Waals surface area contributed by atoms with Crippen LogP contribution in [0.25, 0.3) is 0 Å². The Morgan fingerprint density at radius 3 is 2.79 bits per heavy atom.